The zero-order valence-corrected chi connectivity index (χ0v) is 13.4. The van der Waals surface area contributed by atoms with Gasteiger partial charge in [-0.2, -0.15) is 5.26 Å². The maximum absolute atomic E-state index is 12.2. The SMILES string of the molecule is CC(C)[C@@H](NCC(=O)NC1(C#N)CCCC1)c1ccccc1. The molecule has 0 radical (unpaired) electrons. The van der Waals surface area contributed by atoms with Crippen molar-refractivity contribution in [3.63, 3.8) is 0 Å². The van der Waals surface area contributed by atoms with E-state index in [1.165, 1.54) is 5.56 Å². The third-order valence-corrected chi connectivity index (χ3v) is 4.36. The Morgan fingerprint density at radius 2 is 1.91 bits per heavy atom. The Balaban J connectivity index is 1.93. The first-order valence-electron chi connectivity index (χ1n) is 8.07. The average molecular weight is 299 g/mol. The number of nitriles is 1. The molecule has 1 saturated carbocycles. The van der Waals surface area contributed by atoms with Crippen LogP contribution in [0.5, 0.6) is 0 Å². The Morgan fingerprint density at radius 3 is 2.45 bits per heavy atom. The van der Waals surface area contributed by atoms with Crippen molar-refractivity contribution in [1.82, 2.24) is 10.6 Å². The van der Waals surface area contributed by atoms with Crippen LogP contribution in [-0.2, 0) is 4.79 Å². The van der Waals surface area contributed by atoms with Crippen molar-refractivity contribution in [2.45, 2.75) is 51.1 Å². The maximum atomic E-state index is 12.2. The summed E-state index contributed by atoms with van der Waals surface area (Å²) in [5, 5.41) is 15.6. The smallest absolute Gasteiger partial charge is 0.235 e. The highest BCUT2D eigenvalue weighted by molar-refractivity contribution is 5.79. The predicted octanol–water partition coefficient (Wildman–Crippen LogP) is 2.93. The average Bonchev–Trinajstić information content (AvgIpc) is 2.97. The molecule has 1 aliphatic carbocycles. The second-order valence-corrected chi connectivity index (χ2v) is 6.46. The first kappa shape index (κ1) is 16.5. The van der Waals surface area contributed by atoms with Crippen molar-refractivity contribution in [3.8, 4) is 6.07 Å². The first-order valence-corrected chi connectivity index (χ1v) is 8.07. The highest BCUT2D eigenvalue weighted by Crippen LogP contribution is 2.28. The summed E-state index contributed by atoms with van der Waals surface area (Å²) in [4.78, 5) is 12.2. The van der Waals surface area contributed by atoms with Gasteiger partial charge in [0.25, 0.3) is 0 Å². The van der Waals surface area contributed by atoms with Crippen LogP contribution < -0.4 is 10.6 Å². The van der Waals surface area contributed by atoms with E-state index in [9.17, 15) is 10.1 Å². The summed E-state index contributed by atoms with van der Waals surface area (Å²) in [5.74, 6) is 0.289. The fraction of sp³-hybridized carbons (Fsp3) is 0.556. The van der Waals surface area contributed by atoms with E-state index in [-0.39, 0.29) is 18.5 Å². The summed E-state index contributed by atoms with van der Waals surface area (Å²) in [6, 6.07) is 12.6. The van der Waals surface area contributed by atoms with Crippen molar-refractivity contribution >= 4 is 5.91 Å². The van der Waals surface area contributed by atoms with E-state index in [4.69, 9.17) is 0 Å². The summed E-state index contributed by atoms with van der Waals surface area (Å²) in [6.45, 7) is 4.51. The normalized spacial score (nSPS) is 17.9. The first-order chi connectivity index (χ1) is 10.6. The predicted molar refractivity (Wildman–Crippen MR) is 87.0 cm³/mol. The zero-order valence-electron chi connectivity index (χ0n) is 13.4. The maximum Gasteiger partial charge on any atom is 0.235 e. The molecule has 118 valence electrons. The van der Waals surface area contributed by atoms with E-state index in [1.54, 1.807) is 0 Å². The van der Waals surface area contributed by atoms with E-state index in [2.05, 4.69) is 42.7 Å². The second-order valence-electron chi connectivity index (χ2n) is 6.46. The molecule has 4 heteroatoms. The van der Waals surface area contributed by atoms with Gasteiger partial charge < -0.3 is 10.6 Å². The van der Waals surface area contributed by atoms with E-state index in [0.717, 1.165) is 25.7 Å². The monoisotopic (exact) mass is 299 g/mol. The van der Waals surface area contributed by atoms with Crippen LogP contribution in [0, 0.1) is 17.2 Å². The molecule has 0 spiro atoms. The third kappa shape index (κ3) is 4.08. The van der Waals surface area contributed by atoms with Gasteiger partial charge in [-0.25, -0.2) is 0 Å². The van der Waals surface area contributed by atoms with Gasteiger partial charge >= 0.3 is 0 Å². The number of rotatable bonds is 6. The third-order valence-electron chi connectivity index (χ3n) is 4.36. The van der Waals surface area contributed by atoms with Crippen LogP contribution in [0.25, 0.3) is 0 Å². The molecule has 1 atom stereocenters. The molecule has 1 fully saturated rings. The van der Waals surface area contributed by atoms with Gasteiger partial charge in [0.1, 0.15) is 5.54 Å². The van der Waals surface area contributed by atoms with Gasteiger partial charge in [0.15, 0.2) is 0 Å². The summed E-state index contributed by atoms with van der Waals surface area (Å²) < 4.78 is 0. The minimum absolute atomic E-state index is 0.0926. The number of amides is 1. The fourth-order valence-corrected chi connectivity index (χ4v) is 3.16. The Kier molecular flexibility index (Phi) is 5.57. The van der Waals surface area contributed by atoms with E-state index < -0.39 is 5.54 Å². The molecular weight excluding hydrogens is 274 g/mol. The molecule has 0 aromatic heterocycles. The van der Waals surface area contributed by atoms with Crippen LogP contribution >= 0.6 is 0 Å². The quantitative estimate of drug-likeness (QED) is 0.849. The summed E-state index contributed by atoms with van der Waals surface area (Å²) >= 11 is 0. The van der Waals surface area contributed by atoms with Crippen molar-refractivity contribution in [3.05, 3.63) is 35.9 Å². The summed E-state index contributed by atoms with van der Waals surface area (Å²) in [6.07, 6.45) is 3.56. The van der Waals surface area contributed by atoms with Crippen LogP contribution in [0.4, 0.5) is 0 Å². The molecule has 4 nitrogen and oxygen atoms in total. The highest BCUT2D eigenvalue weighted by Gasteiger charge is 2.35. The number of hydrogen-bond acceptors (Lipinski definition) is 3. The lowest BCUT2D eigenvalue weighted by atomic mass is 9.96. The van der Waals surface area contributed by atoms with E-state index in [1.807, 2.05) is 18.2 Å². The number of nitrogens with one attached hydrogen (secondary N) is 2. The van der Waals surface area contributed by atoms with Gasteiger partial charge in [0.2, 0.25) is 5.91 Å². The molecule has 1 aromatic rings. The van der Waals surface area contributed by atoms with E-state index >= 15 is 0 Å². The van der Waals surface area contributed by atoms with Gasteiger partial charge in [-0.15, -0.1) is 0 Å². The highest BCUT2D eigenvalue weighted by atomic mass is 16.2. The molecular formula is C18H25N3O. The van der Waals surface area contributed by atoms with E-state index in [0.29, 0.717) is 5.92 Å². The molecule has 1 amide bonds. The lowest BCUT2D eigenvalue weighted by molar-refractivity contribution is -0.121. The molecule has 0 aliphatic heterocycles. The zero-order chi connectivity index (χ0) is 16.0. The van der Waals surface area contributed by atoms with Crippen molar-refractivity contribution in [2.75, 3.05) is 6.54 Å². The second kappa shape index (κ2) is 7.42. The standard InChI is InChI=1S/C18H25N3O/c1-14(2)17(15-8-4-3-5-9-15)20-12-16(22)21-18(13-19)10-6-7-11-18/h3-5,8-9,14,17,20H,6-7,10-12H2,1-2H3,(H,21,22)/t17-/m1/s1. The fourth-order valence-electron chi connectivity index (χ4n) is 3.16. The molecule has 1 aliphatic rings. The van der Waals surface area contributed by atoms with Crippen molar-refractivity contribution < 1.29 is 4.79 Å². The molecule has 0 bridgehead atoms. The molecule has 22 heavy (non-hydrogen) atoms. The van der Waals surface area contributed by atoms with Crippen molar-refractivity contribution in [2.24, 2.45) is 5.92 Å². The largest absolute Gasteiger partial charge is 0.337 e. The summed E-state index contributed by atoms with van der Waals surface area (Å²) in [5.41, 5.74) is 0.542. The molecule has 0 heterocycles. The molecule has 0 unspecified atom stereocenters. The van der Waals surface area contributed by atoms with Crippen LogP contribution in [0.3, 0.4) is 0 Å². The number of benzene rings is 1. The Labute approximate surface area is 132 Å². The molecule has 0 saturated heterocycles. The minimum Gasteiger partial charge on any atom is -0.337 e. The molecule has 2 rings (SSSR count). The van der Waals surface area contributed by atoms with Gasteiger partial charge in [-0.05, 0) is 37.2 Å². The number of carbonyl (C=O) groups excluding carboxylic acids is 1. The van der Waals surface area contributed by atoms with Gasteiger partial charge in [0, 0.05) is 6.04 Å². The topological polar surface area (TPSA) is 64.9 Å². The number of hydrogen-bond donors (Lipinski definition) is 2. The van der Waals surface area contributed by atoms with Crippen LogP contribution in [0.2, 0.25) is 0 Å². The van der Waals surface area contributed by atoms with Crippen molar-refractivity contribution in [1.29, 1.82) is 5.26 Å². The van der Waals surface area contributed by atoms with Gasteiger partial charge in [-0.1, -0.05) is 44.2 Å². The molecule has 2 N–H and O–H groups in total. The lowest BCUT2D eigenvalue weighted by Crippen LogP contribution is -2.48. The van der Waals surface area contributed by atoms with Crippen LogP contribution in [0.1, 0.15) is 51.1 Å². The number of nitrogens with zero attached hydrogens (tertiary/aromatic N) is 1. The Morgan fingerprint density at radius 1 is 1.27 bits per heavy atom. The minimum atomic E-state index is -0.640. The Hall–Kier alpha value is -1.86. The van der Waals surface area contributed by atoms with Crippen LogP contribution in [-0.4, -0.2) is 18.0 Å². The van der Waals surface area contributed by atoms with Gasteiger partial charge in [0.05, 0.1) is 12.6 Å². The Bertz CT molecular complexity index is 527. The summed E-state index contributed by atoms with van der Waals surface area (Å²) in [7, 11) is 0. The number of carbonyl (C=O) groups is 1. The molecule has 1 aromatic carbocycles. The lowest BCUT2D eigenvalue weighted by Gasteiger charge is -2.25. The van der Waals surface area contributed by atoms with Crippen LogP contribution in [0.15, 0.2) is 30.3 Å². The van der Waals surface area contributed by atoms with Gasteiger partial charge in [-0.3, -0.25) is 4.79 Å².